The number of morpholine rings is 1. The van der Waals surface area contributed by atoms with E-state index in [1.54, 1.807) is 12.1 Å². The van der Waals surface area contributed by atoms with Crippen LogP contribution in [0.4, 0.5) is 5.69 Å². The van der Waals surface area contributed by atoms with Gasteiger partial charge >= 0.3 is 0 Å². The van der Waals surface area contributed by atoms with Gasteiger partial charge in [-0.2, -0.15) is 0 Å². The average molecular weight is 466 g/mol. The van der Waals surface area contributed by atoms with Crippen molar-refractivity contribution < 1.29 is 24.4 Å². The lowest BCUT2D eigenvalue weighted by Crippen LogP contribution is -2.42. The van der Waals surface area contributed by atoms with Crippen LogP contribution in [0.5, 0.6) is 0 Å². The van der Waals surface area contributed by atoms with Crippen molar-refractivity contribution in [2.24, 2.45) is 0 Å². The van der Waals surface area contributed by atoms with Crippen LogP contribution in [0.2, 0.25) is 0 Å². The summed E-state index contributed by atoms with van der Waals surface area (Å²) >= 11 is 0. The molecule has 2 heterocycles. The number of nitro groups is 1. The van der Waals surface area contributed by atoms with Crippen LogP contribution in [0.25, 0.3) is 5.76 Å². The molecule has 0 saturated carbocycles. The van der Waals surface area contributed by atoms with Crippen molar-refractivity contribution in [1.29, 1.82) is 0 Å². The first-order chi connectivity index (χ1) is 16.3. The molecular formula is C25H27N3O6. The maximum atomic E-state index is 13.2. The molecule has 2 aromatic carbocycles. The summed E-state index contributed by atoms with van der Waals surface area (Å²) in [4.78, 5) is 40.8. The number of ether oxygens (including phenoxy) is 1. The molecule has 1 atom stereocenters. The quantitative estimate of drug-likeness (QED) is 0.229. The Labute approximate surface area is 197 Å². The van der Waals surface area contributed by atoms with E-state index in [1.807, 2.05) is 26.0 Å². The van der Waals surface area contributed by atoms with E-state index < -0.39 is 22.7 Å². The third-order valence-corrected chi connectivity index (χ3v) is 6.35. The van der Waals surface area contributed by atoms with Gasteiger partial charge in [-0.15, -0.1) is 0 Å². The van der Waals surface area contributed by atoms with E-state index in [0.717, 1.165) is 11.1 Å². The van der Waals surface area contributed by atoms with Crippen LogP contribution in [0.15, 0.2) is 48.0 Å². The number of likely N-dealkylation sites (tertiary alicyclic amines) is 1. The Hall–Kier alpha value is -3.56. The maximum absolute atomic E-state index is 13.2. The fourth-order valence-electron chi connectivity index (χ4n) is 4.48. The number of carbonyl (C=O) groups excluding carboxylic acids is 2. The van der Waals surface area contributed by atoms with Gasteiger partial charge < -0.3 is 14.7 Å². The van der Waals surface area contributed by atoms with Crippen LogP contribution in [-0.2, 0) is 14.3 Å². The van der Waals surface area contributed by atoms with E-state index in [4.69, 9.17) is 4.74 Å². The number of aliphatic hydroxyl groups is 1. The largest absolute Gasteiger partial charge is 0.507 e. The van der Waals surface area contributed by atoms with Crippen LogP contribution in [-0.4, -0.2) is 70.9 Å². The standard InChI is InChI=1S/C25H27N3O6/c1-16-6-7-17(2)20(14-16)23(29)21-22(18-4-3-5-19(15-18)28(32)33)27(25(31)24(21)30)9-8-26-10-12-34-13-11-26/h3-7,14-15,22,29H,8-13H2,1-2H3/t22-/m0/s1. The summed E-state index contributed by atoms with van der Waals surface area (Å²) in [7, 11) is 0. The number of nitro benzene ring substituents is 1. The normalized spacial score (nSPS) is 20.6. The highest BCUT2D eigenvalue weighted by Crippen LogP contribution is 2.40. The van der Waals surface area contributed by atoms with Gasteiger partial charge in [-0.25, -0.2) is 0 Å². The third-order valence-electron chi connectivity index (χ3n) is 6.35. The Kier molecular flexibility index (Phi) is 6.76. The number of amides is 1. The molecule has 2 aromatic rings. The lowest BCUT2D eigenvalue weighted by atomic mass is 9.93. The molecule has 9 nitrogen and oxygen atoms in total. The van der Waals surface area contributed by atoms with E-state index in [9.17, 15) is 24.8 Å². The smallest absolute Gasteiger partial charge is 0.295 e. The molecule has 1 N–H and O–H groups in total. The van der Waals surface area contributed by atoms with Crippen molar-refractivity contribution >= 4 is 23.1 Å². The lowest BCUT2D eigenvalue weighted by molar-refractivity contribution is -0.384. The van der Waals surface area contributed by atoms with E-state index in [0.29, 0.717) is 44.0 Å². The van der Waals surface area contributed by atoms with Crippen molar-refractivity contribution in [3.8, 4) is 0 Å². The molecular weight excluding hydrogens is 438 g/mol. The molecule has 0 spiro atoms. The van der Waals surface area contributed by atoms with Gasteiger partial charge in [0.15, 0.2) is 0 Å². The SMILES string of the molecule is Cc1ccc(C)c(C(O)=C2C(=O)C(=O)N(CCN3CCOCC3)[C@H]2c2cccc([N+](=O)[O-])c2)c1. The number of aliphatic hydroxyl groups excluding tert-OH is 1. The number of Topliss-reactive ketones (excluding diaryl/α,β-unsaturated/α-hetero) is 1. The minimum Gasteiger partial charge on any atom is -0.507 e. The van der Waals surface area contributed by atoms with Gasteiger partial charge in [0, 0.05) is 43.9 Å². The van der Waals surface area contributed by atoms with Crippen LogP contribution >= 0.6 is 0 Å². The fraction of sp³-hybridized carbons (Fsp3) is 0.360. The monoisotopic (exact) mass is 465 g/mol. The Balaban J connectivity index is 1.81. The highest BCUT2D eigenvalue weighted by Gasteiger charge is 2.46. The molecule has 2 fully saturated rings. The average Bonchev–Trinajstić information content (AvgIpc) is 3.09. The van der Waals surface area contributed by atoms with Crippen molar-refractivity contribution in [1.82, 2.24) is 9.80 Å². The zero-order valence-corrected chi connectivity index (χ0v) is 19.2. The zero-order valence-electron chi connectivity index (χ0n) is 19.2. The van der Waals surface area contributed by atoms with Crippen LogP contribution in [0, 0.1) is 24.0 Å². The first kappa shape index (κ1) is 23.6. The summed E-state index contributed by atoms with van der Waals surface area (Å²) in [6, 6.07) is 10.4. The van der Waals surface area contributed by atoms with E-state index in [2.05, 4.69) is 4.90 Å². The molecule has 2 aliphatic heterocycles. The number of rotatable bonds is 6. The van der Waals surface area contributed by atoms with Crippen molar-refractivity contribution in [2.75, 3.05) is 39.4 Å². The van der Waals surface area contributed by atoms with Crippen LogP contribution in [0.3, 0.4) is 0 Å². The van der Waals surface area contributed by atoms with Gasteiger partial charge in [-0.1, -0.05) is 29.8 Å². The molecule has 2 aliphatic rings. The number of hydrogen-bond acceptors (Lipinski definition) is 7. The highest BCUT2D eigenvalue weighted by atomic mass is 16.6. The molecule has 34 heavy (non-hydrogen) atoms. The molecule has 1 amide bonds. The summed E-state index contributed by atoms with van der Waals surface area (Å²) in [5.74, 6) is -1.79. The van der Waals surface area contributed by atoms with E-state index >= 15 is 0 Å². The summed E-state index contributed by atoms with van der Waals surface area (Å²) < 4.78 is 5.37. The molecule has 178 valence electrons. The van der Waals surface area contributed by atoms with Gasteiger partial charge in [-0.05, 0) is 31.0 Å². The second-order valence-electron chi connectivity index (χ2n) is 8.62. The molecule has 0 aromatic heterocycles. The maximum Gasteiger partial charge on any atom is 0.295 e. The number of ketones is 1. The number of hydrogen-bond donors (Lipinski definition) is 1. The van der Waals surface area contributed by atoms with Gasteiger partial charge in [0.2, 0.25) is 0 Å². The van der Waals surface area contributed by atoms with Gasteiger partial charge in [0.1, 0.15) is 5.76 Å². The van der Waals surface area contributed by atoms with Crippen LogP contribution < -0.4 is 0 Å². The molecule has 0 radical (unpaired) electrons. The second-order valence-corrected chi connectivity index (χ2v) is 8.62. The number of non-ortho nitro benzene ring substituents is 1. The van der Waals surface area contributed by atoms with Gasteiger partial charge in [-0.3, -0.25) is 24.6 Å². The molecule has 0 unspecified atom stereocenters. The lowest BCUT2D eigenvalue weighted by Gasteiger charge is -2.31. The molecule has 4 rings (SSSR count). The van der Waals surface area contributed by atoms with Gasteiger partial charge in [0.25, 0.3) is 17.4 Å². The molecule has 2 saturated heterocycles. The molecule has 9 heteroatoms. The summed E-state index contributed by atoms with van der Waals surface area (Å²) in [5, 5.41) is 22.7. The number of nitrogens with zero attached hydrogens (tertiary/aromatic N) is 3. The minimum atomic E-state index is -0.930. The number of aryl methyl sites for hydroxylation is 2. The third kappa shape index (κ3) is 4.57. The minimum absolute atomic E-state index is 0.0545. The van der Waals surface area contributed by atoms with Crippen LogP contribution in [0.1, 0.15) is 28.3 Å². The first-order valence-corrected chi connectivity index (χ1v) is 11.2. The summed E-state index contributed by atoms with van der Waals surface area (Å²) in [5.41, 5.74) is 2.30. The topological polar surface area (TPSA) is 113 Å². The number of carbonyl (C=O) groups is 2. The van der Waals surface area contributed by atoms with Gasteiger partial charge in [0.05, 0.1) is 29.8 Å². The predicted octanol–water partition coefficient (Wildman–Crippen LogP) is 2.97. The highest BCUT2D eigenvalue weighted by molar-refractivity contribution is 6.46. The van der Waals surface area contributed by atoms with E-state index in [1.165, 1.54) is 23.1 Å². The Morgan fingerprint density at radius 2 is 1.85 bits per heavy atom. The molecule has 0 aliphatic carbocycles. The first-order valence-electron chi connectivity index (χ1n) is 11.2. The summed E-state index contributed by atoms with van der Waals surface area (Å²) in [6.07, 6.45) is 0. The van der Waals surface area contributed by atoms with E-state index in [-0.39, 0.29) is 23.6 Å². The van der Waals surface area contributed by atoms with Crippen molar-refractivity contribution in [3.05, 3.63) is 80.4 Å². The predicted molar refractivity (Wildman–Crippen MR) is 125 cm³/mol. The fourth-order valence-corrected chi connectivity index (χ4v) is 4.48. The Bertz CT molecular complexity index is 1170. The van der Waals surface area contributed by atoms with Crippen molar-refractivity contribution in [2.45, 2.75) is 19.9 Å². The number of benzene rings is 2. The zero-order chi connectivity index (χ0) is 24.4. The summed E-state index contributed by atoms with van der Waals surface area (Å²) in [6.45, 7) is 7.06. The Morgan fingerprint density at radius 3 is 2.56 bits per heavy atom. The Morgan fingerprint density at radius 1 is 1.12 bits per heavy atom. The molecule has 0 bridgehead atoms. The van der Waals surface area contributed by atoms with Crippen molar-refractivity contribution in [3.63, 3.8) is 0 Å². The second kappa shape index (κ2) is 9.74.